The van der Waals surface area contributed by atoms with Gasteiger partial charge in [-0.1, -0.05) is 30.3 Å². The molecule has 0 aromatic heterocycles. The molecule has 3 aromatic carbocycles. The Bertz CT molecular complexity index is 1150. The fraction of sp³-hybridized carbons (Fsp3) is 0.136. The van der Waals surface area contributed by atoms with E-state index in [4.69, 9.17) is 9.47 Å². The van der Waals surface area contributed by atoms with Crippen molar-refractivity contribution in [3.05, 3.63) is 78.9 Å². The molecule has 154 valence electrons. The van der Waals surface area contributed by atoms with Gasteiger partial charge in [0.25, 0.3) is 15.9 Å². The number of nitrogens with zero attached hydrogens (tertiary/aromatic N) is 1. The van der Waals surface area contributed by atoms with Crippen molar-refractivity contribution in [1.82, 2.24) is 0 Å². The zero-order valence-electron chi connectivity index (χ0n) is 16.2. The fourth-order valence-electron chi connectivity index (χ4n) is 3.19. The summed E-state index contributed by atoms with van der Waals surface area (Å²) in [5, 5.41) is 2.77. The Hall–Kier alpha value is -3.52. The molecule has 1 aliphatic heterocycles. The Kier molecular flexibility index (Phi) is 5.33. The topological polar surface area (TPSA) is 84.9 Å². The van der Waals surface area contributed by atoms with Crippen LogP contribution in [0.15, 0.2) is 83.8 Å². The molecule has 1 atom stereocenters. The lowest BCUT2D eigenvalue weighted by Crippen LogP contribution is -2.48. The normalized spacial score (nSPS) is 15.6. The highest BCUT2D eigenvalue weighted by Gasteiger charge is 2.37. The molecule has 30 heavy (non-hydrogen) atoms. The highest BCUT2D eigenvalue weighted by atomic mass is 32.2. The number of amides is 1. The number of rotatable bonds is 5. The number of methoxy groups -OCH3 is 1. The molecule has 1 N–H and O–H groups in total. The molecule has 0 bridgehead atoms. The second kappa shape index (κ2) is 8.08. The molecule has 4 rings (SSSR count). The number of anilines is 2. The quantitative estimate of drug-likeness (QED) is 0.679. The van der Waals surface area contributed by atoms with E-state index in [-0.39, 0.29) is 11.4 Å². The number of benzene rings is 3. The Labute approximate surface area is 174 Å². The van der Waals surface area contributed by atoms with Gasteiger partial charge in [0.1, 0.15) is 11.5 Å². The van der Waals surface area contributed by atoms with Crippen LogP contribution in [0.25, 0.3) is 0 Å². The summed E-state index contributed by atoms with van der Waals surface area (Å²) in [5.74, 6) is 0.455. The minimum Gasteiger partial charge on any atom is -0.497 e. The van der Waals surface area contributed by atoms with Crippen molar-refractivity contribution in [3.63, 3.8) is 0 Å². The first-order valence-electron chi connectivity index (χ1n) is 9.27. The number of nitrogens with one attached hydrogen (secondary N) is 1. The first kappa shape index (κ1) is 19.8. The maximum absolute atomic E-state index is 13.4. The van der Waals surface area contributed by atoms with E-state index >= 15 is 0 Å². The van der Waals surface area contributed by atoms with Gasteiger partial charge in [-0.15, -0.1) is 0 Å². The van der Waals surface area contributed by atoms with Gasteiger partial charge in [0.15, 0.2) is 6.10 Å². The molecule has 0 saturated carbocycles. The lowest BCUT2D eigenvalue weighted by atomic mass is 10.2. The number of sulfonamides is 1. The summed E-state index contributed by atoms with van der Waals surface area (Å²) in [6.07, 6.45) is -1.01. The smallest absolute Gasteiger partial charge is 0.267 e. The summed E-state index contributed by atoms with van der Waals surface area (Å²) < 4.78 is 38.9. The van der Waals surface area contributed by atoms with Gasteiger partial charge in [0.05, 0.1) is 24.2 Å². The summed E-state index contributed by atoms with van der Waals surface area (Å²) in [6, 6.07) is 21.8. The van der Waals surface area contributed by atoms with Gasteiger partial charge in [-0.05, 0) is 48.5 Å². The minimum atomic E-state index is -3.92. The van der Waals surface area contributed by atoms with Crippen LogP contribution < -0.4 is 19.1 Å². The fourth-order valence-corrected chi connectivity index (χ4v) is 4.66. The van der Waals surface area contributed by atoms with E-state index in [0.29, 0.717) is 22.9 Å². The van der Waals surface area contributed by atoms with Gasteiger partial charge in [-0.3, -0.25) is 9.10 Å². The van der Waals surface area contributed by atoms with Crippen molar-refractivity contribution in [3.8, 4) is 11.5 Å². The average molecular weight is 424 g/mol. The first-order chi connectivity index (χ1) is 14.5. The van der Waals surface area contributed by atoms with Gasteiger partial charge in [-0.25, -0.2) is 8.42 Å². The molecule has 3 aromatic rings. The highest BCUT2D eigenvalue weighted by Crippen LogP contribution is 2.37. The SMILES string of the molecule is COc1ccc(S(=O)(=O)N2C[C@@H](C(=O)Nc3ccccc3)Oc3ccccc32)cc1. The van der Waals surface area contributed by atoms with E-state index in [9.17, 15) is 13.2 Å². The van der Waals surface area contributed by atoms with Crippen molar-refractivity contribution in [2.75, 3.05) is 23.3 Å². The molecule has 0 fully saturated rings. The van der Waals surface area contributed by atoms with E-state index in [1.807, 2.05) is 6.07 Å². The maximum Gasteiger partial charge on any atom is 0.267 e. The third-order valence-electron chi connectivity index (χ3n) is 4.72. The summed E-state index contributed by atoms with van der Waals surface area (Å²) >= 11 is 0. The van der Waals surface area contributed by atoms with Crippen LogP contribution in [0.4, 0.5) is 11.4 Å². The number of hydrogen-bond acceptors (Lipinski definition) is 5. The monoisotopic (exact) mass is 424 g/mol. The van der Waals surface area contributed by atoms with Crippen molar-refractivity contribution in [2.24, 2.45) is 0 Å². The van der Waals surface area contributed by atoms with Crippen LogP contribution in [0.2, 0.25) is 0 Å². The molecule has 0 spiro atoms. The standard InChI is InChI=1S/C22H20N2O5S/c1-28-17-11-13-18(14-12-17)30(26,27)24-15-21(29-20-10-6-5-9-19(20)24)22(25)23-16-7-3-2-4-8-16/h2-14,21H,15H2,1H3,(H,23,25)/t21-/m0/s1. The Morgan fingerprint density at radius 2 is 1.67 bits per heavy atom. The first-order valence-corrected chi connectivity index (χ1v) is 10.7. The summed E-state index contributed by atoms with van der Waals surface area (Å²) in [4.78, 5) is 12.9. The summed E-state index contributed by atoms with van der Waals surface area (Å²) in [7, 11) is -2.41. The number of carbonyl (C=O) groups is 1. The molecule has 1 amide bonds. The van der Waals surface area contributed by atoms with Crippen molar-refractivity contribution >= 4 is 27.3 Å². The predicted molar refractivity (Wildman–Crippen MR) is 113 cm³/mol. The van der Waals surface area contributed by atoms with Crippen molar-refractivity contribution < 1.29 is 22.7 Å². The van der Waals surface area contributed by atoms with Gasteiger partial charge < -0.3 is 14.8 Å². The molecule has 8 heteroatoms. The van der Waals surface area contributed by atoms with Crippen LogP contribution >= 0.6 is 0 Å². The van der Waals surface area contributed by atoms with E-state index < -0.39 is 22.0 Å². The predicted octanol–water partition coefficient (Wildman–Crippen LogP) is 3.29. The van der Waals surface area contributed by atoms with Crippen LogP contribution in [0, 0.1) is 0 Å². The van der Waals surface area contributed by atoms with E-state index in [1.165, 1.54) is 23.5 Å². The molecule has 1 aliphatic rings. The van der Waals surface area contributed by atoms with E-state index in [1.54, 1.807) is 60.7 Å². The van der Waals surface area contributed by atoms with Gasteiger partial charge >= 0.3 is 0 Å². The second-order valence-corrected chi connectivity index (χ2v) is 8.50. The van der Waals surface area contributed by atoms with Crippen molar-refractivity contribution in [1.29, 1.82) is 0 Å². The van der Waals surface area contributed by atoms with Crippen molar-refractivity contribution in [2.45, 2.75) is 11.0 Å². The molecule has 0 radical (unpaired) electrons. The van der Waals surface area contributed by atoms with E-state index in [2.05, 4.69) is 5.32 Å². The number of para-hydroxylation sites is 3. The van der Waals surface area contributed by atoms with Gasteiger partial charge in [0, 0.05) is 5.69 Å². The third-order valence-corrected chi connectivity index (χ3v) is 6.51. The number of carbonyl (C=O) groups excluding carboxylic acids is 1. The molecule has 0 aliphatic carbocycles. The Morgan fingerprint density at radius 1 is 1.00 bits per heavy atom. The van der Waals surface area contributed by atoms with Crippen LogP contribution in [0.5, 0.6) is 11.5 Å². The minimum absolute atomic E-state index is 0.0993. The zero-order chi connectivity index (χ0) is 21.1. The summed E-state index contributed by atoms with van der Waals surface area (Å²) in [5.41, 5.74) is 0.992. The van der Waals surface area contributed by atoms with E-state index in [0.717, 1.165) is 0 Å². The summed E-state index contributed by atoms with van der Waals surface area (Å²) in [6.45, 7) is -0.149. The Morgan fingerprint density at radius 3 is 2.37 bits per heavy atom. The zero-order valence-corrected chi connectivity index (χ0v) is 17.0. The number of fused-ring (bicyclic) bond motifs is 1. The molecule has 0 saturated heterocycles. The van der Waals surface area contributed by atoms with Crippen LogP contribution in [0.1, 0.15) is 0 Å². The van der Waals surface area contributed by atoms with Gasteiger partial charge in [0.2, 0.25) is 0 Å². The number of hydrogen-bond donors (Lipinski definition) is 1. The Balaban J connectivity index is 1.66. The third kappa shape index (κ3) is 3.81. The largest absolute Gasteiger partial charge is 0.497 e. The second-order valence-electron chi connectivity index (χ2n) is 6.64. The molecule has 7 nitrogen and oxygen atoms in total. The highest BCUT2D eigenvalue weighted by molar-refractivity contribution is 7.92. The average Bonchev–Trinajstić information content (AvgIpc) is 2.79. The molecular formula is C22H20N2O5S. The number of ether oxygens (including phenoxy) is 2. The van der Waals surface area contributed by atoms with Crippen LogP contribution in [0.3, 0.4) is 0 Å². The molecule has 1 heterocycles. The lowest BCUT2D eigenvalue weighted by Gasteiger charge is -2.34. The molecule has 0 unspecified atom stereocenters. The van der Waals surface area contributed by atoms with Crippen LogP contribution in [-0.4, -0.2) is 34.1 Å². The lowest BCUT2D eigenvalue weighted by molar-refractivity contribution is -0.122. The van der Waals surface area contributed by atoms with Gasteiger partial charge in [-0.2, -0.15) is 0 Å². The van der Waals surface area contributed by atoms with Crippen LogP contribution in [-0.2, 0) is 14.8 Å². The maximum atomic E-state index is 13.4. The molecular weight excluding hydrogens is 404 g/mol.